The van der Waals surface area contributed by atoms with E-state index in [1.54, 1.807) is 36.4 Å². The van der Waals surface area contributed by atoms with Crippen molar-refractivity contribution in [1.82, 2.24) is 4.98 Å². The standard InChI is InChI=1S/C16H13ClN4O2/c1-23-14-7-3-2-5-12(14)21-16(22)11(9-18)10-20-13-6-4-8-19-15(13)17/h2-8,10,20H,1H3,(H,21,22)/b11-10-. The summed E-state index contributed by atoms with van der Waals surface area (Å²) in [5.74, 6) is -0.0640. The van der Waals surface area contributed by atoms with E-state index in [0.717, 1.165) is 0 Å². The number of pyridine rings is 1. The molecule has 0 atom stereocenters. The van der Waals surface area contributed by atoms with Gasteiger partial charge in [0.1, 0.15) is 17.4 Å². The maximum Gasteiger partial charge on any atom is 0.267 e. The van der Waals surface area contributed by atoms with Crippen molar-refractivity contribution >= 4 is 28.9 Å². The van der Waals surface area contributed by atoms with E-state index in [2.05, 4.69) is 15.6 Å². The SMILES string of the molecule is COc1ccccc1NC(=O)/C(C#N)=C\Nc1cccnc1Cl. The van der Waals surface area contributed by atoms with Crippen LogP contribution in [0.2, 0.25) is 5.15 Å². The van der Waals surface area contributed by atoms with Crippen molar-refractivity contribution in [2.75, 3.05) is 17.7 Å². The molecule has 1 heterocycles. The number of aromatic nitrogens is 1. The van der Waals surface area contributed by atoms with Crippen LogP contribution in [0.5, 0.6) is 5.75 Å². The van der Waals surface area contributed by atoms with Crippen LogP contribution in [0, 0.1) is 11.3 Å². The van der Waals surface area contributed by atoms with Crippen molar-refractivity contribution in [3.63, 3.8) is 0 Å². The molecule has 0 radical (unpaired) electrons. The summed E-state index contributed by atoms with van der Waals surface area (Å²) in [4.78, 5) is 16.1. The smallest absolute Gasteiger partial charge is 0.267 e. The number of nitrogens with one attached hydrogen (secondary N) is 2. The molecule has 0 saturated carbocycles. The van der Waals surface area contributed by atoms with Crippen LogP contribution in [-0.2, 0) is 4.79 Å². The topological polar surface area (TPSA) is 87.0 Å². The summed E-state index contributed by atoms with van der Waals surface area (Å²) in [6, 6.07) is 12.1. The lowest BCUT2D eigenvalue weighted by Crippen LogP contribution is -2.15. The van der Waals surface area contributed by atoms with Gasteiger partial charge in [0.2, 0.25) is 0 Å². The van der Waals surface area contributed by atoms with Gasteiger partial charge >= 0.3 is 0 Å². The third-order valence-electron chi connectivity index (χ3n) is 2.85. The van der Waals surface area contributed by atoms with E-state index in [1.165, 1.54) is 19.5 Å². The minimum Gasteiger partial charge on any atom is -0.495 e. The quantitative estimate of drug-likeness (QED) is 0.500. The molecular formula is C16H13ClN4O2. The fraction of sp³-hybridized carbons (Fsp3) is 0.0625. The number of anilines is 2. The van der Waals surface area contributed by atoms with E-state index in [-0.39, 0.29) is 10.7 Å². The molecule has 23 heavy (non-hydrogen) atoms. The number of rotatable bonds is 5. The van der Waals surface area contributed by atoms with Crippen molar-refractivity contribution < 1.29 is 9.53 Å². The van der Waals surface area contributed by atoms with Gasteiger partial charge in [0.25, 0.3) is 5.91 Å². The third kappa shape index (κ3) is 4.22. The zero-order valence-corrected chi connectivity index (χ0v) is 13.0. The molecule has 2 N–H and O–H groups in total. The van der Waals surface area contributed by atoms with Crippen LogP contribution in [0.15, 0.2) is 54.4 Å². The van der Waals surface area contributed by atoms with Crippen LogP contribution >= 0.6 is 11.6 Å². The number of carbonyl (C=O) groups excluding carboxylic acids is 1. The lowest BCUT2D eigenvalue weighted by atomic mass is 10.2. The van der Waals surface area contributed by atoms with Gasteiger partial charge in [0, 0.05) is 12.4 Å². The molecule has 0 aliphatic carbocycles. The van der Waals surface area contributed by atoms with E-state index in [4.69, 9.17) is 21.6 Å². The van der Waals surface area contributed by atoms with Crippen LogP contribution in [0.3, 0.4) is 0 Å². The van der Waals surface area contributed by atoms with Gasteiger partial charge in [0.15, 0.2) is 5.15 Å². The number of nitrogens with zero attached hydrogens (tertiary/aromatic N) is 2. The molecule has 0 bridgehead atoms. The minimum absolute atomic E-state index is 0.115. The second kappa shape index (κ2) is 7.82. The third-order valence-corrected chi connectivity index (χ3v) is 3.15. The van der Waals surface area contributed by atoms with Gasteiger partial charge in [-0.25, -0.2) is 4.98 Å². The highest BCUT2D eigenvalue weighted by molar-refractivity contribution is 6.32. The Kier molecular flexibility index (Phi) is 5.56. The van der Waals surface area contributed by atoms with Gasteiger partial charge in [-0.1, -0.05) is 23.7 Å². The number of benzene rings is 1. The molecule has 2 rings (SSSR count). The highest BCUT2D eigenvalue weighted by Gasteiger charge is 2.12. The number of nitriles is 1. The molecule has 0 saturated heterocycles. The molecular weight excluding hydrogens is 316 g/mol. The van der Waals surface area contributed by atoms with E-state index in [1.807, 2.05) is 6.07 Å². The van der Waals surface area contributed by atoms with E-state index >= 15 is 0 Å². The second-order valence-electron chi connectivity index (χ2n) is 4.31. The molecule has 0 fully saturated rings. The average Bonchev–Trinajstić information content (AvgIpc) is 2.57. The Bertz CT molecular complexity index is 784. The predicted octanol–water partition coefficient (Wildman–Crippen LogP) is 3.20. The van der Waals surface area contributed by atoms with Crippen LogP contribution in [-0.4, -0.2) is 18.0 Å². The Morgan fingerprint density at radius 2 is 2.04 bits per heavy atom. The Morgan fingerprint density at radius 3 is 2.74 bits per heavy atom. The van der Waals surface area contributed by atoms with Crippen molar-refractivity contribution in [3.8, 4) is 11.8 Å². The van der Waals surface area contributed by atoms with Gasteiger partial charge in [-0.2, -0.15) is 5.26 Å². The largest absolute Gasteiger partial charge is 0.495 e. The molecule has 6 nitrogen and oxygen atoms in total. The Labute approximate surface area is 138 Å². The summed E-state index contributed by atoms with van der Waals surface area (Å²) in [6.45, 7) is 0. The van der Waals surface area contributed by atoms with Gasteiger partial charge < -0.3 is 15.4 Å². The summed E-state index contributed by atoms with van der Waals surface area (Å²) in [5.41, 5.74) is 0.850. The van der Waals surface area contributed by atoms with Crippen LogP contribution in [0.4, 0.5) is 11.4 Å². The average molecular weight is 329 g/mol. The lowest BCUT2D eigenvalue weighted by molar-refractivity contribution is -0.112. The number of hydrogen-bond acceptors (Lipinski definition) is 5. The summed E-state index contributed by atoms with van der Waals surface area (Å²) in [7, 11) is 1.50. The van der Waals surface area contributed by atoms with Gasteiger partial charge in [0.05, 0.1) is 18.5 Å². The number of methoxy groups -OCH3 is 1. The highest BCUT2D eigenvalue weighted by Crippen LogP contribution is 2.23. The maximum atomic E-state index is 12.2. The van der Waals surface area contributed by atoms with Crippen molar-refractivity contribution in [2.45, 2.75) is 0 Å². The first-order valence-electron chi connectivity index (χ1n) is 6.57. The van der Waals surface area contributed by atoms with Crippen LogP contribution in [0.1, 0.15) is 0 Å². The van der Waals surface area contributed by atoms with Gasteiger partial charge in [-0.05, 0) is 24.3 Å². The van der Waals surface area contributed by atoms with E-state index in [0.29, 0.717) is 17.1 Å². The fourth-order valence-corrected chi connectivity index (χ4v) is 1.90. The highest BCUT2D eigenvalue weighted by atomic mass is 35.5. The van der Waals surface area contributed by atoms with Gasteiger partial charge in [-0.3, -0.25) is 4.79 Å². The zero-order valence-electron chi connectivity index (χ0n) is 12.2. The van der Waals surface area contributed by atoms with E-state index < -0.39 is 5.91 Å². The fourth-order valence-electron chi connectivity index (χ4n) is 1.73. The van der Waals surface area contributed by atoms with Crippen LogP contribution in [0.25, 0.3) is 0 Å². The summed E-state index contributed by atoms with van der Waals surface area (Å²) >= 11 is 5.90. The number of ether oxygens (including phenoxy) is 1. The number of hydrogen-bond donors (Lipinski definition) is 2. The predicted molar refractivity (Wildman–Crippen MR) is 88.2 cm³/mol. The van der Waals surface area contributed by atoms with E-state index in [9.17, 15) is 4.79 Å². The first kappa shape index (κ1) is 16.3. The molecule has 1 aromatic carbocycles. The molecule has 0 spiro atoms. The Hall–Kier alpha value is -3.04. The summed E-state index contributed by atoms with van der Waals surface area (Å²) < 4.78 is 5.15. The van der Waals surface area contributed by atoms with Crippen molar-refractivity contribution in [2.24, 2.45) is 0 Å². The molecule has 2 aromatic rings. The Morgan fingerprint density at radius 1 is 1.30 bits per heavy atom. The number of carbonyl (C=O) groups is 1. The Balaban J connectivity index is 2.14. The molecule has 0 aliphatic rings. The normalized spacial score (nSPS) is 10.6. The monoisotopic (exact) mass is 328 g/mol. The molecule has 7 heteroatoms. The van der Waals surface area contributed by atoms with Gasteiger partial charge in [-0.15, -0.1) is 0 Å². The lowest BCUT2D eigenvalue weighted by Gasteiger charge is -2.09. The molecule has 116 valence electrons. The van der Waals surface area contributed by atoms with Crippen LogP contribution < -0.4 is 15.4 Å². The first-order valence-corrected chi connectivity index (χ1v) is 6.95. The molecule has 1 amide bonds. The molecule has 0 unspecified atom stereocenters. The second-order valence-corrected chi connectivity index (χ2v) is 4.67. The maximum absolute atomic E-state index is 12.2. The summed E-state index contributed by atoms with van der Waals surface area (Å²) in [6.07, 6.45) is 2.81. The molecule has 0 aliphatic heterocycles. The minimum atomic E-state index is -0.565. The van der Waals surface area contributed by atoms with Crippen molar-refractivity contribution in [1.29, 1.82) is 5.26 Å². The van der Waals surface area contributed by atoms with Crippen molar-refractivity contribution in [3.05, 3.63) is 59.5 Å². The zero-order chi connectivity index (χ0) is 16.7. The number of halogens is 1. The number of para-hydroxylation sites is 2. The first-order chi connectivity index (χ1) is 11.2. The number of amides is 1. The molecule has 1 aromatic heterocycles. The summed E-state index contributed by atoms with van der Waals surface area (Å²) in [5, 5.41) is 14.8.